The van der Waals surface area contributed by atoms with E-state index in [4.69, 9.17) is 23.0 Å². The largest absolute Gasteiger partial charge is 0.474 e. The number of unbranched alkanes of at least 4 members (excludes halogenated alkanes) is 5. The van der Waals surface area contributed by atoms with E-state index in [1.807, 2.05) is 13.8 Å². The summed E-state index contributed by atoms with van der Waals surface area (Å²) in [5.74, 6) is -0.942. The fourth-order valence-corrected chi connectivity index (χ4v) is 3.97. The molecule has 0 atom stereocenters. The summed E-state index contributed by atoms with van der Waals surface area (Å²) in [4.78, 5) is 23.9. The summed E-state index contributed by atoms with van der Waals surface area (Å²) >= 11 is 0. The number of carbonyl (C=O) groups is 2. The molecular formula is C28H49O8P. The topological polar surface area (TPSA) is 97.4 Å². The van der Waals surface area contributed by atoms with Crippen LogP contribution in [-0.2, 0) is 27.6 Å². The van der Waals surface area contributed by atoms with E-state index in [0.29, 0.717) is 33.0 Å². The molecule has 0 spiro atoms. The highest BCUT2D eigenvalue weighted by Crippen LogP contribution is 2.49. The van der Waals surface area contributed by atoms with Gasteiger partial charge in [-0.25, -0.2) is 14.2 Å². The Kier molecular flexibility index (Phi) is 22.3. The molecule has 0 fully saturated rings. The van der Waals surface area contributed by atoms with Gasteiger partial charge in [0.2, 0.25) is 0 Å². The van der Waals surface area contributed by atoms with Crippen molar-refractivity contribution in [3.05, 3.63) is 35.4 Å². The molecule has 214 valence electrons. The van der Waals surface area contributed by atoms with Gasteiger partial charge in [0.15, 0.2) is 0 Å². The van der Waals surface area contributed by atoms with Gasteiger partial charge < -0.3 is 9.47 Å². The van der Waals surface area contributed by atoms with Crippen molar-refractivity contribution in [2.75, 3.05) is 33.0 Å². The van der Waals surface area contributed by atoms with E-state index in [1.165, 1.54) is 0 Å². The Bertz CT molecular complexity index is 694. The van der Waals surface area contributed by atoms with Gasteiger partial charge in [0, 0.05) is 0 Å². The molecule has 0 bridgehead atoms. The van der Waals surface area contributed by atoms with Gasteiger partial charge in [-0.3, -0.25) is 13.6 Å². The zero-order chi connectivity index (χ0) is 27.8. The average Bonchev–Trinajstić information content (AvgIpc) is 2.90. The minimum Gasteiger partial charge on any atom is -0.462 e. The van der Waals surface area contributed by atoms with Crippen molar-refractivity contribution < 1.29 is 37.2 Å². The van der Waals surface area contributed by atoms with Crippen LogP contribution in [0.3, 0.4) is 0 Å². The van der Waals surface area contributed by atoms with E-state index in [9.17, 15) is 14.2 Å². The molecule has 0 aliphatic carbocycles. The molecule has 1 aromatic rings. The molecule has 0 amide bonds. The van der Waals surface area contributed by atoms with E-state index in [2.05, 4.69) is 20.8 Å². The van der Waals surface area contributed by atoms with Crippen molar-refractivity contribution in [2.24, 2.45) is 0 Å². The maximum absolute atomic E-state index is 12.2. The standard InChI is InChI=1S/C16H22O4.C12H27O4P/c1-3-5-11-19-15(17)13-9-7-8-10-14(13)16(18)20-12-6-4-2;1-4-7-10-14-17(13,15-11-8-5-2)16-12-9-6-3/h7-10H,3-6,11-12H2,1-2H3;4-12H2,1-3H3. The van der Waals surface area contributed by atoms with Gasteiger partial charge in [-0.15, -0.1) is 0 Å². The first-order chi connectivity index (χ1) is 17.9. The number of rotatable bonds is 20. The summed E-state index contributed by atoms with van der Waals surface area (Å²) in [7, 11) is -3.31. The molecule has 0 saturated heterocycles. The number of phosphoric ester groups is 1. The number of hydrogen-bond donors (Lipinski definition) is 0. The molecule has 0 radical (unpaired) electrons. The molecule has 0 saturated carbocycles. The zero-order valence-corrected chi connectivity index (χ0v) is 24.5. The van der Waals surface area contributed by atoms with Crippen LogP contribution in [0.25, 0.3) is 0 Å². The Morgan fingerprint density at radius 1 is 0.568 bits per heavy atom. The van der Waals surface area contributed by atoms with Crippen LogP contribution < -0.4 is 0 Å². The van der Waals surface area contributed by atoms with Crippen molar-refractivity contribution in [3.63, 3.8) is 0 Å². The smallest absolute Gasteiger partial charge is 0.462 e. The van der Waals surface area contributed by atoms with Gasteiger partial charge in [-0.05, 0) is 44.2 Å². The first-order valence-electron chi connectivity index (χ1n) is 13.9. The second-order valence-corrected chi connectivity index (χ2v) is 10.2. The second-order valence-electron chi connectivity index (χ2n) is 8.53. The molecule has 0 N–H and O–H groups in total. The van der Waals surface area contributed by atoms with E-state index in [-0.39, 0.29) is 11.1 Å². The fourth-order valence-electron chi connectivity index (χ4n) is 2.69. The van der Waals surface area contributed by atoms with Crippen LogP contribution in [0.15, 0.2) is 24.3 Å². The Morgan fingerprint density at radius 3 is 1.16 bits per heavy atom. The maximum Gasteiger partial charge on any atom is 0.474 e. The molecular weight excluding hydrogens is 495 g/mol. The summed E-state index contributed by atoms with van der Waals surface area (Å²) in [6.07, 6.45) is 9.16. The lowest BCUT2D eigenvalue weighted by molar-refractivity contribution is 0.0452. The van der Waals surface area contributed by atoms with E-state index >= 15 is 0 Å². The molecule has 0 aliphatic heterocycles. The van der Waals surface area contributed by atoms with Gasteiger partial charge in [-0.2, -0.15) is 0 Å². The minimum absolute atomic E-state index is 0.269. The minimum atomic E-state index is -3.31. The van der Waals surface area contributed by atoms with Crippen LogP contribution in [0.2, 0.25) is 0 Å². The summed E-state index contributed by atoms with van der Waals surface area (Å²) < 4.78 is 38.3. The molecule has 37 heavy (non-hydrogen) atoms. The summed E-state index contributed by atoms with van der Waals surface area (Å²) in [5, 5.41) is 0. The van der Waals surface area contributed by atoms with Gasteiger partial charge in [-0.1, -0.05) is 78.9 Å². The van der Waals surface area contributed by atoms with Gasteiger partial charge in [0.05, 0.1) is 44.2 Å². The number of phosphoric acid groups is 1. The lowest BCUT2D eigenvalue weighted by Gasteiger charge is -2.17. The van der Waals surface area contributed by atoms with Crippen LogP contribution in [0.5, 0.6) is 0 Å². The summed E-state index contributed by atoms with van der Waals surface area (Å²) in [6.45, 7) is 12.3. The predicted molar refractivity (Wildman–Crippen MR) is 147 cm³/mol. The number of carbonyl (C=O) groups excluding carboxylic acids is 2. The average molecular weight is 545 g/mol. The van der Waals surface area contributed by atoms with Crippen molar-refractivity contribution in [3.8, 4) is 0 Å². The van der Waals surface area contributed by atoms with E-state index in [0.717, 1.165) is 64.2 Å². The van der Waals surface area contributed by atoms with Crippen molar-refractivity contribution in [1.82, 2.24) is 0 Å². The third-order valence-corrected chi connectivity index (χ3v) is 6.57. The zero-order valence-electron chi connectivity index (χ0n) is 23.6. The number of esters is 2. The monoisotopic (exact) mass is 544 g/mol. The molecule has 0 aromatic heterocycles. The number of hydrogen-bond acceptors (Lipinski definition) is 8. The number of benzene rings is 1. The van der Waals surface area contributed by atoms with E-state index in [1.54, 1.807) is 24.3 Å². The first-order valence-corrected chi connectivity index (χ1v) is 15.3. The Balaban J connectivity index is 0.000000712. The fraction of sp³-hybridized carbons (Fsp3) is 0.714. The molecule has 1 rings (SSSR count). The second kappa shape index (κ2) is 23.4. The predicted octanol–water partition coefficient (Wildman–Crippen LogP) is 8.15. The summed E-state index contributed by atoms with van der Waals surface area (Å²) in [6, 6.07) is 6.59. The van der Waals surface area contributed by atoms with Crippen LogP contribution in [0, 0.1) is 0 Å². The van der Waals surface area contributed by atoms with Crippen LogP contribution in [0.1, 0.15) is 120 Å². The molecule has 0 unspecified atom stereocenters. The highest BCUT2D eigenvalue weighted by molar-refractivity contribution is 7.48. The Labute approximate surface area is 224 Å². The molecule has 0 heterocycles. The first kappa shape index (κ1) is 35.3. The van der Waals surface area contributed by atoms with Gasteiger partial charge in [0.1, 0.15) is 0 Å². The third kappa shape index (κ3) is 17.4. The van der Waals surface area contributed by atoms with Crippen molar-refractivity contribution >= 4 is 19.8 Å². The van der Waals surface area contributed by atoms with Crippen LogP contribution >= 0.6 is 7.82 Å². The van der Waals surface area contributed by atoms with Crippen LogP contribution in [0.4, 0.5) is 0 Å². The van der Waals surface area contributed by atoms with Crippen molar-refractivity contribution in [1.29, 1.82) is 0 Å². The Hall–Kier alpha value is -1.73. The van der Waals surface area contributed by atoms with Crippen LogP contribution in [-0.4, -0.2) is 45.0 Å². The lowest BCUT2D eigenvalue weighted by Crippen LogP contribution is -2.14. The molecule has 9 heteroatoms. The molecule has 8 nitrogen and oxygen atoms in total. The highest BCUT2D eigenvalue weighted by atomic mass is 31.2. The molecule has 1 aromatic carbocycles. The maximum atomic E-state index is 12.2. The summed E-state index contributed by atoms with van der Waals surface area (Å²) in [5.41, 5.74) is 0.537. The molecule has 0 aliphatic rings. The highest BCUT2D eigenvalue weighted by Gasteiger charge is 2.25. The number of ether oxygens (including phenoxy) is 2. The SMILES string of the molecule is CCCCOC(=O)c1ccccc1C(=O)OCCCC.CCCCOP(=O)(OCCCC)OCCCC. The normalized spacial score (nSPS) is 10.9. The van der Waals surface area contributed by atoms with Gasteiger partial charge >= 0.3 is 19.8 Å². The lowest BCUT2D eigenvalue weighted by atomic mass is 10.1. The van der Waals surface area contributed by atoms with E-state index < -0.39 is 19.8 Å². The van der Waals surface area contributed by atoms with Crippen molar-refractivity contribution in [2.45, 2.75) is 98.8 Å². The van der Waals surface area contributed by atoms with Gasteiger partial charge in [0.25, 0.3) is 0 Å². The third-order valence-electron chi connectivity index (χ3n) is 5.07. The Morgan fingerprint density at radius 2 is 0.865 bits per heavy atom. The quantitative estimate of drug-likeness (QED) is 0.0921.